The van der Waals surface area contributed by atoms with Crippen LogP contribution in [0.3, 0.4) is 0 Å². The smallest absolute Gasteiger partial charge is 0.281 e. The van der Waals surface area contributed by atoms with Gasteiger partial charge in [-0.15, -0.1) is 5.10 Å². The van der Waals surface area contributed by atoms with Crippen molar-refractivity contribution in [1.29, 1.82) is 0 Å². The van der Waals surface area contributed by atoms with Crippen LogP contribution in [-0.2, 0) is 11.3 Å². The van der Waals surface area contributed by atoms with E-state index in [2.05, 4.69) is 15.3 Å². The van der Waals surface area contributed by atoms with Gasteiger partial charge in [0, 0.05) is 30.5 Å². The van der Waals surface area contributed by atoms with Crippen molar-refractivity contribution in [3.63, 3.8) is 0 Å². The summed E-state index contributed by atoms with van der Waals surface area (Å²) in [5.41, 5.74) is 1.24. The minimum atomic E-state index is -0.301. The number of aromatic nitrogens is 5. The van der Waals surface area contributed by atoms with Gasteiger partial charge >= 0.3 is 0 Å². The van der Waals surface area contributed by atoms with E-state index in [0.717, 1.165) is 31.4 Å². The number of fused-ring (bicyclic) bond motifs is 1. The maximum atomic E-state index is 12.9. The number of rotatable bonds is 6. The van der Waals surface area contributed by atoms with E-state index in [4.69, 9.17) is 16.6 Å². The first-order valence-corrected chi connectivity index (χ1v) is 12.3. The third-order valence-electron chi connectivity index (χ3n) is 7.07. The van der Waals surface area contributed by atoms with Gasteiger partial charge in [0.2, 0.25) is 5.91 Å². The summed E-state index contributed by atoms with van der Waals surface area (Å²) in [6.45, 7) is 1.74. The van der Waals surface area contributed by atoms with Crippen molar-refractivity contribution in [2.75, 3.05) is 13.1 Å². The van der Waals surface area contributed by atoms with Gasteiger partial charge in [0.15, 0.2) is 11.2 Å². The summed E-state index contributed by atoms with van der Waals surface area (Å²) in [6.07, 6.45) is 8.52. The van der Waals surface area contributed by atoms with E-state index in [-0.39, 0.29) is 22.9 Å². The summed E-state index contributed by atoms with van der Waals surface area (Å²) >= 11 is 6.30. The molecule has 0 unspecified atom stereocenters. The summed E-state index contributed by atoms with van der Waals surface area (Å²) in [6, 6.07) is 7.52. The van der Waals surface area contributed by atoms with E-state index in [1.165, 1.54) is 25.7 Å². The van der Waals surface area contributed by atoms with Crippen LogP contribution in [0, 0.1) is 5.92 Å². The molecule has 9 heteroatoms. The average molecular weight is 469 g/mol. The SMILES string of the molecule is O=C(CCC1CCCC1)N1CCC[C@@H](c2nc3c(nnn3Cc3ccccc3Cl)c(=O)[nH]2)C1. The second-order valence-electron chi connectivity index (χ2n) is 9.33. The molecule has 0 bridgehead atoms. The second kappa shape index (κ2) is 9.63. The molecule has 33 heavy (non-hydrogen) atoms. The highest BCUT2D eigenvalue weighted by Gasteiger charge is 2.28. The molecule has 1 aromatic carbocycles. The number of H-pyrrole nitrogens is 1. The first-order chi connectivity index (χ1) is 16.1. The average Bonchev–Trinajstić information content (AvgIpc) is 3.49. The van der Waals surface area contributed by atoms with E-state index in [1.54, 1.807) is 4.68 Å². The van der Waals surface area contributed by atoms with Gasteiger partial charge in [0.25, 0.3) is 5.56 Å². The zero-order valence-corrected chi connectivity index (χ0v) is 19.4. The molecule has 1 N–H and O–H groups in total. The van der Waals surface area contributed by atoms with Gasteiger partial charge in [0.1, 0.15) is 5.82 Å². The highest BCUT2D eigenvalue weighted by molar-refractivity contribution is 6.31. The van der Waals surface area contributed by atoms with Gasteiger partial charge in [-0.25, -0.2) is 9.67 Å². The van der Waals surface area contributed by atoms with E-state index in [9.17, 15) is 9.59 Å². The number of carbonyl (C=O) groups is 1. The predicted molar refractivity (Wildman–Crippen MR) is 126 cm³/mol. The molecular formula is C24H29ClN6O2. The van der Waals surface area contributed by atoms with Crippen LogP contribution in [0.2, 0.25) is 5.02 Å². The number of halogens is 1. The van der Waals surface area contributed by atoms with Crippen LogP contribution in [-0.4, -0.2) is 48.9 Å². The first-order valence-electron chi connectivity index (χ1n) is 11.9. The fourth-order valence-corrected chi connectivity index (χ4v) is 5.38. The highest BCUT2D eigenvalue weighted by atomic mass is 35.5. The third-order valence-corrected chi connectivity index (χ3v) is 7.44. The molecule has 2 aliphatic rings. The number of hydrogen-bond donors (Lipinski definition) is 1. The Hall–Kier alpha value is -2.74. The van der Waals surface area contributed by atoms with Gasteiger partial charge in [0.05, 0.1) is 6.54 Å². The lowest BCUT2D eigenvalue weighted by Crippen LogP contribution is -2.40. The standard InChI is InChI=1S/C24H29ClN6O2/c25-19-10-4-3-8-17(19)15-31-23-21(28-29-31)24(33)27-22(26-23)18-9-5-13-30(14-18)20(32)12-11-16-6-1-2-7-16/h3-4,8,10,16,18H,1-2,5-7,9,11-15H2,(H,26,27,33)/t18-/m1/s1. The van der Waals surface area contributed by atoms with Gasteiger partial charge in [-0.1, -0.05) is 60.7 Å². The molecule has 1 saturated carbocycles. The molecular weight excluding hydrogens is 440 g/mol. The number of nitrogens with one attached hydrogen (secondary N) is 1. The lowest BCUT2D eigenvalue weighted by molar-refractivity contribution is -0.132. The molecule has 0 spiro atoms. The molecule has 3 heterocycles. The summed E-state index contributed by atoms with van der Waals surface area (Å²) in [5.74, 6) is 1.53. The number of hydrogen-bond acceptors (Lipinski definition) is 5. The van der Waals surface area contributed by atoms with Gasteiger partial charge in [-0.2, -0.15) is 0 Å². The zero-order valence-electron chi connectivity index (χ0n) is 18.7. The molecule has 2 fully saturated rings. The molecule has 3 aromatic rings. The molecule has 1 aliphatic heterocycles. The van der Waals surface area contributed by atoms with Crippen molar-refractivity contribution >= 4 is 28.7 Å². The number of piperidine rings is 1. The van der Waals surface area contributed by atoms with Crippen molar-refractivity contribution in [2.24, 2.45) is 5.92 Å². The normalized spacial score (nSPS) is 19.4. The molecule has 5 rings (SSSR count). The minimum Gasteiger partial charge on any atom is -0.342 e. The molecule has 2 aromatic heterocycles. The van der Waals surface area contributed by atoms with Crippen molar-refractivity contribution in [3.05, 3.63) is 51.0 Å². The van der Waals surface area contributed by atoms with Crippen molar-refractivity contribution in [1.82, 2.24) is 29.9 Å². The fraction of sp³-hybridized carbons (Fsp3) is 0.542. The van der Waals surface area contributed by atoms with Crippen LogP contribution >= 0.6 is 11.6 Å². The molecule has 8 nitrogen and oxygen atoms in total. The van der Waals surface area contributed by atoms with Crippen molar-refractivity contribution in [3.8, 4) is 0 Å². The Morgan fingerprint density at radius 1 is 1.15 bits per heavy atom. The lowest BCUT2D eigenvalue weighted by atomic mass is 9.96. The van der Waals surface area contributed by atoms with Crippen LogP contribution in [0.25, 0.3) is 11.2 Å². The van der Waals surface area contributed by atoms with Crippen molar-refractivity contribution < 1.29 is 4.79 Å². The Morgan fingerprint density at radius 2 is 1.97 bits per heavy atom. The Balaban J connectivity index is 1.33. The summed E-state index contributed by atoms with van der Waals surface area (Å²) in [5, 5.41) is 8.81. The topological polar surface area (TPSA) is 96.8 Å². The molecule has 174 valence electrons. The largest absolute Gasteiger partial charge is 0.342 e. The highest BCUT2D eigenvalue weighted by Crippen LogP contribution is 2.30. The number of likely N-dealkylation sites (tertiary alicyclic amines) is 1. The number of aromatic amines is 1. The van der Waals surface area contributed by atoms with Crippen LogP contribution in [0.15, 0.2) is 29.1 Å². The number of carbonyl (C=O) groups excluding carboxylic acids is 1. The van der Waals surface area contributed by atoms with Gasteiger partial charge in [-0.05, 0) is 36.8 Å². The quantitative estimate of drug-likeness (QED) is 0.591. The van der Waals surface area contributed by atoms with E-state index >= 15 is 0 Å². The Labute approximate surface area is 197 Å². The Kier molecular flexibility index (Phi) is 6.44. The van der Waals surface area contributed by atoms with Gasteiger partial charge in [-0.3, -0.25) is 9.59 Å². The Morgan fingerprint density at radius 3 is 2.79 bits per heavy atom. The molecule has 1 aliphatic carbocycles. The van der Waals surface area contributed by atoms with Gasteiger partial charge < -0.3 is 9.88 Å². The lowest BCUT2D eigenvalue weighted by Gasteiger charge is -2.32. The van der Waals surface area contributed by atoms with Crippen molar-refractivity contribution in [2.45, 2.75) is 63.8 Å². The van der Waals surface area contributed by atoms with Crippen LogP contribution in [0.1, 0.15) is 68.7 Å². The number of amides is 1. The summed E-state index contributed by atoms with van der Waals surface area (Å²) < 4.78 is 1.61. The first kappa shape index (κ1) is 22.1. The van der Waals surface area contributed by atoms with Crippen LogP contribution in [0.4, 0.5) is 0 Å². The zero-order chi connectivity index (χ0) is 22.8. The predicted octanol–water partition coefficient (Wildman–Crippen LogP) is 3.89. The molecule has 1 amide bonds. The van der Waals surface area contributed by atoms with Crippen LogP contribution < -0.4 is 5.56 Å². The van der Waals surface area contributed by atoms with E-state index < -0.39 is 0 Å². The van der Waals surface area contributed by atoms with E-state index in [1.807, 2.05) is 29.2 Å². The second-order valence-corrected chi connectivity index (χ2v) is 9.74. The number of benzene rings is 1. The minimum absolute atomic E-state index is 0.00468. The maximum absolute atomic E-state index is 12.9. The third kappa shape index (κ3) is 4.81. The summed E-state index contributed by atoms with van der Waals surface area (Å²) in [4.78, 5) is 35.2. The fourth-order valence-electron chi connectivity index (χ4n) is 5.18. The Bertz CT molecular complexity index is 1200. The maximum Gasteiger partial charge on any atom is 0.281 e. The molecule has 1 saturated heterocycles. The monoisotopic (exact) mass is 468 g/mol. The molecule has 0 radical (unpaired) electrons. The van der Waals surface area contributed by atoms with Crippen LogP contribution in [0.5, 0.6) is 0 Å². The molecule has 1 atom stereocenters. The van der Waals surface area contributed by atoms with E-state index in [0.29, 0.717) is 41.9 Å². The summed E-state index contributed by atoms with van der Waals surface area (Å²) in [7, 11) is 0. The number of nitrogens with zero attached hydrogens (tertiary/aromatic N) is 5.